The summed E-state index contributed by atoms with van der Waals surface area (Å²) in [6.07, 6.45) is -2.48. The van der Waals surface area contributed by atoms with Crippen LogP contribution < -0.4 is 11.5 Å². The molecule has 0 heterocycles. The van der Waals surface area contributed by atoms with Crippen LogP contribution in [0.5, 0.6) is 0 Å². The third kappa shape index (κ3) is 6.50. The van der Waals surface area contributed by atoms with Gasteiger partial charge in [0.2, 0.25) is 0 Å². The molecule has 4 N–H and O–H groups in total. The number of nitrogens with two attached hydrogens (primary N) is 2. The van der Waals surface area contributed by atoms with E-state index in [4.69, 9.17) is 0 Å². The molecule has 0 spiro atoms. The molecule has 0 aromatic heterocycles. The Balaban J connectivity index is 3.10. The smallest absolute Gasteiger partial charge is 0.332 e. The molecule has 0 unspecified atom stereocenters. The zero-order valence-electron chi connectivity index (χ0n) is 4.20. The quantitative estimate of drug-likeness (QED) is 0.374. The minimum absolute atomic E-state index is 1.24. The zero-order chi connectivity index (χ0) is 7.28. The fourth-order valence-electron chi connectivity index (χ4n) is 0.0841. The molecule has 0 bridgehead atoms. The second-order valence-corrected chi connectivity index (χ2v) is 0.873. The molecule has 0 aliphatic heterocycles. The summed E-state index contributed by atoms with van der Waals surface area (Å²) in [4.78, 5) is 26.2. The van der Waals surface area contributed by atoms with Crippen LogP contribution in [0.4, 0.5) is 9.59 Å². The van der Waals surface area contributed by atoms with Gasteiger partial charge in [-0.15, -0.1) is 0 Å². The van der Waals surface area contributed by atoms with Gasteiger partial charge in [-0.25, -0.2) is 19.4 Å². The van der Waals surface area contributed by atoms with Crippen molar-refractivity contribution in [2.45, 2.75) is 0 Å². The third-order valence-corrected chi connectivity index (χ3v) is 0.232. The van der Waals surface area contributed by atoms with Gasteiger partial charge in [-0.2, -0.15) is 0 Å². The van der Waals surface area contributed by atoms with Crippen molar-refractivity contribution in [1.29, 1.82) is 0 Å². The van der Waals surface area contributed by atoms with Crippen molar-refractivity contribution in [3.63, 3.8) is 0 Å². The Morgan fingerprint density at radius 1 is 1.00 bits per heavy atom. The minimum atomic E-state index is -1.24. The van der Waals surface area contributed by atoms with Crippen molar-refractivity contribution >= 4 is 12.2 Å². The van der Waals surface area contributed by atoms with E-state index < -0.39 is 12.2 Å². The Kier molecular flexibility index (Phi) is 2.91. The number of hydrogen-bond acceptors (Lipinski definition) is 5. The van der Waals surface area contributed by atoms with Crippen LogP contribution in [-0.4, -0.2) is 12.2 Å². The van der Waals surface area contributed by atoms with Gasteiger partial charge < -0.3 is 11.5 Å². The maximum atomic E-state index is 9.62. The predicted octanol–water partition coefficient (Wildman–Crippen LogP) is -0.976. The first-order chi connectivity index (χ1) is 4.13. The largest absolute Gasteiger partial charge is 0.440 e. The first kappa shape index (κ1) is 7.50. The standard InChI is InChI=1S/C2H4N2O5/c3-1(5)7-9-8-2(4)6/h(H2,3,5)(H2,4,6). The molecule has 0 fully saturated rings. The molecule has 0 rings (SSSR count). The van der Waals surface area contributed by atoms with E-state index in [1.807, 2.05) is 0 Å². The van der Waals surface area contributed by atoms with Gasteiger partial charge in [-0.05, 0) is 0 Å². The van der Waals surface area contributed by atoms with E-state index in [1.165, 1.54) is 0 Å². The number of carbonyl (C=O) groups excluding carboxylic acids is 2. The first-order valence-electron chi connectivity index (χ1n) is 1.73. The first-order valence-corrected chi connectivity index (χ1v) is 1.73. The summed E-state index contributed by atoms with van der Waals surface area (Å²) in [5, 5.41) is 3.41. The fraction of sp³-hybridized carbons (Fsp3) is 0. The molecule has 9 heavy (non-hydrogen) atoms. The molecule has 7 nitrogen and oxygen atoms in total. The van der Waals surface area contributed by atoms with E-state index in [0.29, 0.717) is 0 Å². The molecule has 0 aliphatic carbocycles. The Hall–Kier alpha value is -1.50. The van der Waals surface area contributed by atoms with E-state index in [9.17, 15) is 9.59 Å². The number of primary amides is 2. The van der Waals surface area contributed by atoms with Gasteiger partial charge in [0.05, 0.1) is 5.04 Å². The number of hydrogen-bond donors (Lipinski definition) is 2. The van der Waals surface area contributed by atoms with Crippen LogP contribution in [0, 0.1) is 0 Å². The molecule has 0 atom stereocenters. The Labute approximate surface area is 49.3 Å². The zero-order valence-corrected chi connectivity index (χ0v) is 4.20. The van der Waals surface area contributed by atoms with Crippen LogP contribution >= 0.6 is 0 Å². The Morgan fingerprint density at radius 2 is 1.33 bits per heavy atom. The SMILES string of the molecule is NC(=O)OOOC(N)=O. The van der Waals surface area contributed by atoms with Crippen molar-refractivity contribution in [2.24, 2.45) is 11.5 Å². The average Bonchev–Trinajstić information content (AvgIpc) is 1.63. The van der Waals surface area contributed by atoms with E-state index in [1.54, 1.807) is 0 Å². The third-order valence-electron chi connectivity index (χ3n) is 0.232. The molecule has 2 amide bonds. The van der Waals surface area contributed by atoms with Gasteiger partial charge in [0.25, 0.3) is 0 Å². The van der Waals surface area contributed by atoms with Crippen LogP contribution in [0.25, 0.3) is 0 Å². The van der Waals surface area contributed by atoms with E-state index in [-0.39, 0.29) is 0 Å². The number of amides is 2. The molecule has 52 valence electrons. The summed E-state index contributed by atoms with van der Waals surface area (Å²) in [5.41, 5.74) is 8.72. The molecular formula is C2H4N2O5. The monoisotopic (exact) mass is 136 g/mol. The van der Waals surface area contributed by atoms with Crippen molar-refractivity contribution in [2.75, 3.05) is 0 Å². The summed E-state index contributed by atoms with van der Waals surface area (Å²) in [6, 6.07) is 0. The summed E-state index contributed by atoms with van der Waals surface area (Å²) < 4.78 is 0. The van der Waals surface area contributed by atoms with Crippen LogP contribution in [0.3, 0.4) is 0 Å². The molecule has 0 aromatic carbocycles. The van der Waals surface area contributed by atoms with Gasteiger partial charge in [0, 0.05) is 0 Å². The maximum Gasteiger partial charge on any atom is 0.440 e. The van der Waals surface area contributed by atoms with Crippen molar-refractivity contribution < 1.29 is 24.4 Å². The summed E-state index contributed by atoms with van der Waals surface area (Å²) in [5.74, 6) is 0. The van der Waals surface area contributed by atoms with Crippen molar-refractivity contribution in [1.82, 2.24) is 0 Å². The maximum absolute atomic E-state index is 9.62. The average molecular weight is 136 g/mol. The van der Waals surface area contributed by atoms with Crippen LogP contribution in [0.1, 0.15) is 0 Å². The molecule has 0 aromatic rings. The normalized spacial score (nSPS) is 8.00. The Morgan fingerprint density at radius 3 is 1.56 bits per heavy atom. The van der Waals surface area contributed by atoms with Gasteiger partial charge in [-0.1, -0.05) is 0 Å². The van der Waals surface area contributed by atoms with Gasteiger partial charge in [0.15, 0.2) is 0 Å². The lowest BCUT2D eigenvalue weighted by Gasteiger charge is -1.93. The highest BCUT2D eigenvalue weighted by atomic mass is 17.5. The predicted molar refractivity (Wildman–Crippen MR) is 22.4 cm³/mol. The topological polar surface area (TPSA) is 114 Å². The van der Waals surface area contributed by atoms with Crippen molar-refractivity contribution in [3.8, 4) is 0 Å². The Bertz CT molecular complexity index is 108. The number of carbonyl (C=O) groups is 2. The van der Waals surface area contributed by atoms with E-state index in [2.05, 4.69) is 26.3 Å². The summed E-state index contributed by atoms with van der Waals surface area (Å²) >= 11 is 0. The summed E-state index contributed by atoms with van der Waals surface area (Å²) in [7, 11) is 0. The van der Waals surface area contributed by atoms with Crippen molar-refractivity contribution in [3.05, 3.63) is 0 Å². The number of rotatable bonds is 2. The van der Waals surface area contributed by atoms with Gasteiger partial charge >= 0.3 is 12.2 Å². The molecule has 0 saturated heterocycles. The molecule has 7 heteroatoms. The lowest BCUT2D eigenvalue weighted by Crippen LogP contribution is -2.18. The fourth-order valence-corrected chi connectivity index (χ4v) is 0.0841. The second-order valence-electron chi connectivity index (χ2n) is 0.873. The molecular weight excluding hydrogens is 132 g/mol. The highest BCUT2D eigenvalue weighted by molar-refractivity contribution is 5.64. The van der Waals surface area contributed by atoms with Crippen LogP contribution in [0.15, 0.2) is 0 Å². The van der Waals surface area contributed by atoms with E-state index in [0.717, 1.165) is 0 Å². The van der Waals surface area contributed by atoms with Crippen LogP contribution in [-0.2, 0) is 14.8 Å². The minimum Gasteiger partial charge on any atom is -0.332 e. The lowest BCUT2D eigenvalue weighted by molar-refractivity contribution is -0.444. The molecule has 0 aliphatic rings. The molecule has 0 saturated carbocycles. The highest BCUT2D eigenvalue weighted by Gasteiger charge is 1.97. The van der Waals surface area contributed by atoms with Gasteiger partial charge in [-0.3, -0.25) is 0 Å². The van der Waals surface area contributed by atoms with Gasteiger partial charge in [0.1, 0.15) is 0 Å². The van der Waals surface area contributed by atoms with Crippen LogP contribution in [0.2, 0.25) is 0 Å². The summed E-state index contributed by atoms with van der Waals surface area (Å²) in [6.45, 7) is 0. The van der Waals surface area contributed by atoms with E-state index >= 15 is 0 Å². The second kappa shape index (κ2) is 3.50. The highest BCUT2D eigenvalue weighted by Crippen LogP contribution is 1.78. The molecule has 0 radical (unpaired) electrons. The lowest BCUT2D eigenvalue weighted by atomic mass is 11.3.